The number of rotatable bonds is 9. The van der Waals surface area contributed by atoms with Crippen molar-refractivity contribution in [3.63, 3.8) is 0 Å². The van der Waals surface area contributed by atoms with E-state index in [4.69, 9.17) is 14.6 Å². The van der Waals surface area contributed by atoms with Crippen molar-refractivity contribution in [2.24, 2.45) is 0 Å². The van der Waals surface area contributed by atoms with Crippen molar-refractivity contribution >= 4 is 5.97 Å². The summed E-state index contributed by atoms with van der Waals surface area (Å²) < 4.78 is 79.0. The van der Waals surface area contributed by atoms with Gasteiger partial charge in [0.05, 0.1) is 39.5 Å². The van der Waals surface area contributed by atoms with Gasteiger partial charge in [0.25, 0.3) is 0 Å². The lowest BCUT2D eigenvalue weighted by molar-refractivity contribution is -0.136. The fourth-order valence-corrected chi connectivity index (χ4v) is 1.38. The molecule has 10 heteroatoms. The fourth-order valence-electron chi connectivity index (χ4n) is 1.38. The van der Waals surface area contributed by atoms with Gasteiger partial charge < -0.3 is 19.3 Å². The summed E-state index contributed by atoms with van der Waals surface area (Å²) in [6, 6.07) is 0. The number of carbonyl (C=O) groups excluding carboxylic acids is 1. The first kappa shape index (κ1) is 19.3. The van der Waals surface area contributed by atoms with Crippen LogP contribution in [0.3, 0.4) is 0 Å². The molecule has 1 aromatic rings. The number of aliphatic hydroxyl groups is 1. The zero-order valence-electron chi connectivity index (χ0n) is 11.7. The summed E-state index contributed by atoms with van der Waals surface area (Å²) in [6.45, 7) is -0.0281. The van der Waals surface area contributed by atoms with E-state index in [1.165, 1.54) is 0 Å². The third-order valence-corrected chi connectivity index (χ3v) is 2.44. The Hall–Kier alpha value is -1.78. The van der Waals surface area contributed by atoms with Gasteiger partial charge in [-0.3, -0.25) is 4.79 Å². The van der Waals surface area contributed by atoms with Crippen molar-refractivity contribution in [2.75, 3.05) is 33.0 Å². The van der Waals surface area contributed by atoms with Crippen LogP contribution in [0.5, 0.6) is 5.75 Å². The van der Waals surface area contributed by atoms with Crippen LogP contribution >= 0.6 is 0 Å². The highest BCUT2D eigenvalue weighted by Crippen LogP contribution is 2.29. The molecule has 0 fully saturated rings. The summed E-state index contributed by atoms with van der Waals surface area (Å²) in [4.78, 5) is 11.3. The molecule has 5 nitrogen and oxygen atoms in total. The molecule has 0 saturated carbocycles. The zero-order valence-corrected chi connectivity index (χ0v) is 11.7. The van der Waals surface area contributed by atoms with Crippen molar-refractivity contribution in [1.29, 1.82) is 0 Å². The first-order chi connectivity index (χ1) is 10.9. The second-order valence-electron chi connectivity index (χ2n) is 4.07. The molecular weight excluding hydrogens is 331 g/mol. The first-order valence-electron chi connectivity index (χ1n) is 6.38. The summed E-state index contributed by atoms with van der Waals surface area (Å²) in [7, 11) is 0. The number of benzene rings is 1. The van der Waals surface area contributed by atoms with Crippen LogP contribution in [0.2, 0.25) is 0 Å². The van der Waals surface area contributed by atoms with Gasteiger partial charge in [-0.05, 0) is 0 Å². The highest BCUT2D eigenvalue weighted by atomic mass is 19.2. The number of halogens is 5. The van der Waals surface area contributed by atoms with E-state index in [1.807, 2.05) is 0 Å². The average Bonchev–Trinajstić information content (AvgIpc) is 2.54. The van der Waals surface area contributed by atoms with E-state index in [9.17, 15) is 26.7 Å². The molecule has 23 heavy (non-hydrogen) atoms. The van der Waals surface area contributed by atoms with Gasteiger partial charge in [0.15, 0.2) is 0 Å². The van der Waals surface area contributed by atoms with Gasteiger partial charge >= 0.3 is 5.97 Å². The predicted octanol–water partition coefficient (Wildman–Crippen LogP) is 1.70. The molecule has 130 valence electrons. The predicted molar refractivity (Wildman–Crippen MR) is 65.2 cm³/mol. The van der Waals surface area contributed by atoms with Gasteiger partial charge in [-0.15, -0.1) is 0 Å². The Labute approximate surface area is 127 Å². The number of ether oxygens (including phenoxy) is 3. The Morgan fingerprint density at radius 1 is 0.783 bits per heavy atom. The normalized spacial score (nSPS) is 10.9. The monoisotopic (exact) mass is 344 g/mol. The molecule has 0 radical (unpaired) electrons. The molecule has 0 heterocycles. The van der Waals surface area contributed by atoms with Gasteiger partial charge in [0.2, 0.25) is 34.8 Å². The third-order valence-electron chi connectivity index (χ3n) is 2.44. The molecule has 0 saturated heterocycles. The Balaban J connectivity index is 2.49. The molecule has 0 atom stereocenters. The fraction of sp³-hybridized carbons (Fsp3) is 0.462. The molecule has 0 amide bonds. The topological polar surface area (TPSA) is 65.0 Å². The minimum Gasteiger partial charge on any atom is -0.420 e. The smallest absolute Gasteiger partial charge is 0.313 e. The SMILES string of the molecule is O=C(CCOCCOCCO)Oc1c(F)c(F)c(F)c(F)c1F. The molecule has 0 unspecified atom stereocenters. The number of hydrogen-bond donors (Lipinski definition) is 1. The maximum Gasteiger partial charge on any atom is 0.313 e. The van der Waals surface area contributed by atoms with Crippen LogP contribution in [0, 0.1) is 29.1 Å². The Morgan fingerprint density at radius 3 is 1.78 bits per heavy atom. The average molecular weight is 344 g/mol. The third kappa shape index (κ3) is 5.41. The number of hydrogen-bond acceptors (Lipinski definition) is 5. The van der Waals surface area contributed by atoms with E-state index >= 15 is 0 Å². The lowest BCUT2D eigenvalue weighted by Gasteiger charge is -2.09. The van der Waals surface area contributed by atoms with E-state index in [-0.39, 0.29) is 33.0 Å². The Kier molecular flexibility index (Phi) is 7.86. The van der Waals surface area contributed by atoms with E-state index < -0.39 is 47.2 Å². The van der Waals surface area contributed by atoms with Gasteiger partial charge in [0.1, 0.15) is 0 Å². The van der Waals surface area contributed by atoms with E-state index in [0.29, 0.717) is 0 Å². The second-order valence-corrected chi connectivity index (χ2v) is 4.07. The zero-order chi connectivity index (χ0) is 17.4. The molecule has 0 bridgehead atoms. The Morgan fingerprint density at radius 2 is 1.26 bits per heavy atom. The second kappa shape index (κ2) is 9.38. The maximum atomic E-state index is 13.3. The van der Waals surface area contributed by atoms with Crippen molar-refractivity contribution in [1.82, 2.24) is 0 Å². The van der Waals surface area contributed by atoms with Crippen LogP contribution in [0.25, 0.3) is 0 Å². The van der Waals surface area contributed by atoms with Crippen LogP contribution in [0.4, 0.5) is 22.0 Å². The Bertz CT molecular complexity index is 523. The van der Waals surface area contributed by atoms with Gasteiger partial charge in [-0.2, -0.15) is 8.78 Å². The van der Waals surface area contributed by atoms with Crippen LogP contribution in [0.1, 0.15) is 6.42 Å². The maximum absolute atomic E-state index is 13.3. The van der Waals surface area contributed by atoms with Crippen LogP contribution in [0.15, 0.2) is 0 Å². The molecule has 0 aliphatic carbocycles. The summed E-state index contributed by atoms with van der Waals surface area (Å²) in [5, 5.41) is 8.42. The largest absolute Gasteiger partial charge is 0.420 e. The minimum atomic E-state index is -2.34. The van der Waals surface area contributed by atoms with Crippen molar-refractivity contribution < 1.29 is 46.1 Å². The van der Waals surface area contributed by atoms with Crippen LogP contribution in [-0.4, -0.2) is 44.1 Å². The van der Waals surface area contributed by atoms with Gasteiger partial charge in [-0.1, -0.05) is 0 Å². The lowest BCUT2D eigenvalue weighted by atomic mass is 10.2. The van der Waals surface area contributed by atoms with E-state index in [1.54, 1.807) is 0 Å². The van der Waals surface area contributed by atoms with Crippen molar-refractivity contribution in [2.45, 2.75) is 6.42 Å². The number of carbonyl (C=O) groups is 1. The molecular formula is C13H13F5O5. The molecule has 1 rings (SSSR count). The van der Waals surface area contributed by atoms with Crippen LogP contribution in [-0.2, 0) is 14.3 Å². The molecule has 1 N–H and O–H groups in total. The van der Waals surface area contributed by atoms with E-state index in [2.05, 4.69) is 4.74 Å². The minimum absolute atomic E-state index is 0.0792. The summed E-state index contributed by atoms with van der Waals surface area (Å²) in [5.41, 5.74) is 0. The highest BCUT2D eigenvalue weighted by Gasteiger charge is 2.28. The molecule has 0 aliphatic heterocycles. The molecule has 0 aliphatic rings. The quantitative estimate of drug-likeness (QED) is 0.184. The first-order valence-corrected chi connectivity index (χ1v) is 6.38. The van der Waals surface area contributed by atoms with Gasteiger partial charge in [-0.25, -0.2) is 13.2 Å². The summed E-state index contributed by atoms with van der Waals surface area (Å²) in [6.07, 6.45) is -0.473. The summed E-state index contributed by atoms with van der Waals surface area (Å²) in [5.74, 6) is -14.1. The standard InChI is InChI=1S/C13H13F5O5/c14-8-9(15)11(17)13(12(18)10(8)16)23-7(20)1-3-21-5-6-22-4-2-19/h19H,1-6H2. The van der Waals surface area contributed by atoms with Crippen LogP contribution < -0.4 is 4.74 Å². The van der Waals surface area contributed by atoms with Crippen molar-refractivity contribution in [3.8, 4) is 5.75 Å². The van der Waals surface area contributed by atoms with Gasteiger partial charge in [0, 0.05) is 0 Å². The molecule has 1 aromatic carbocycles. The van der Waals surface area contributed by atoms with Crippen molar-refractivity contribution in [3.05, 3.63) is 29.1 Å². The highest BCUT2D eigenvalue weighted by molar-refractivity contribution is 5.72. The molecule has 0 aromatic heterocycles. The lowest BCUT2D eigenvalue weighted by Crippen LogP contribution is -2.16. The number of esters is 1. The summed E-state index contributed by atoms with van der Waals surface area (Å²) >= 11 is 0. The van der Waals surface area contributed by atoms with E-state index in [0.717, 1.165) is 0 Å². The number of aliphatic hydroxyl groups excluding tert-OH is 1. The molecule has 0 spiro atoms.